The summed E-state index contributed by atoms with van der Waals surface area (Å²) in [5.74, 6) is -3.48. The molecule has 8 heteroatoms. The molecule has 0 fully saturated rings. The third-order valence-electron chi connectivity index (χ3n) is 4.27. The maximum Gasteiger partial charge on any atom is 0.339 e. The summed E-state index contributed by atoms with van der Waals surface area (Å²) in [4.78, 5) is 24.6. The minimum absolute atomic E-state index is 0.119. The number of carboxylic acids is 1. The van der Waals surface area contributed by atoms with Crippen molar-refractivity contribution in [3.8, 4) is 5.69 Å². The average Bonchev–Trinajstić information content (AvgIpc) is 3.21. The van der Waals surface area contributed by atoms with Gasteiger partial charge in [0.2, 0.25) is 5.91 Å². The first-order valence-corrected chi connectivity index (χ1v) is 8.60. The zero-order chi connectivity index (χ0) is 18.4. The van der Waals surface area contributed by atoms with Crippen molar-refractivity contribution >= 4 is 28.9 Å². The molecule has 1 unspecified atom stereocenters. The molecule has 132 valence electrons. The minimum atomic E-state index is -1.23. The van der Waals surface area contributed by atoms with Gasteiger partial charge in [-0.2, -0.15) is 0 Å². The van der Waals surface area contributed by atoms with Crippen molar-refractivity contribution in [2.75, 3.05) is 5.32 Å². The first-order chi connectivity index (χ1) is 12.4. The van der Waals surface area contributed by atoms with Crippen LogP contribution < -0.4 is 5.32 Å². The highest BCUT2D eigenvalue weighted by Crippen LogP contribution is 2.42. The van der Waals surface area contributed by atoms with Crippen LogP contribution in [0, 0.1) is 11.6 Å². The van der Waals surface area contributed by atoms with Crippen LogP contribution in [0.4, 0.5) is 14.5 Å². The second-order valence-corrected chi connectivity index (χ2v) is 6.91. The number of carbonyl (C=O) groups excluding carboxylic acids is 1. The number of hydrogen-bond donors (Lipinski definition) is 2. The molecular weight excluding hydrogens is 362 g/mol. The van der Waals surface area contributed by atoms with Crippen molar-refractivity contribution in [3.05, 3.63) is 69.7 Å². The van der Waals surface area contributed by atoms with Gasteiger partial charge in [0, 0.05) is 29.5 Å². The molecule has 5 nitrogen and oxygen atoms in total. The Morgan fingerprint density at radius 1 is 1.27 bits per heavy atom. The van der Waals surface area contributed by atoms with Gasteiger partial charge in [-0.25, -0.2) is 13.6 Å². The van der Waals surface area contributed by atoms with Gasteiger partial charge in [-0.15, -0.1) is 11.3 Å². The van der Waals surface area contributed by atoms with Gasteiger partial charge in [-0.3, -0.25) is 4.79 Å². The van der Waals surface area contributed by atoms with Gasteiger partial charge in [-0.05, 0) is 23.6 Å². The normalized spacial score (nSPS) is 16.2. The van der Waals surface area contributed by atoms with Gasteiger partial charge in [-0.1, -0.05) is 6.07 Å². The fraction of sp³-hybridized carbons (Fsp3) is 0.111. The summed E-state index contributed by atoms with van der Waals surface area (Å²) in [5.41, 5.74) is 0.689. The number of carboxylic acid groups (broad SMARTS) is 1. The second kappa shape index (κ2) is 6.06. The lowest BCUT2D eigenvalue weighted by atomic mass is 9.93. The Hall–Kier alpha value is -3.00. The van der Waals surface area contributed by atoms with Crippen molar-refractivity contribution in [1.82, 2.24) is 4.57 Å². The molecule has 0 saturated heterocycles. The summed E-state index contributed by atoms with van der Waals surface area (Å²) in [5, 5.41) is 14.0. The maximum atomic E-state index is 13.7. The van der Waals surface area contributed by atoms with Gasteiger partial charge in [0.1, 0.15) is 17.2 Å². The lowest BCUT2D eigenvalue weighted by Gasteiger charge is -2.25. The number of aromatic carboxylic acids is 1. The quantitative estimate of drug-likeness (QED) is 0.728. The van der Waals surface area contributed by atoms with E-state index in [9.17, 15) is 23.5 Å². The third kappa shape index (κ3) is 2.68. The molecule has 2 aromatic heterocycles. The molecule has 1 aromatic carbocycles. The van der Waals surface area contributed by atoms with Gasteiger partial charge in [0.15, 0.2) is 0 Å². The molecule has 1 aliphatic rings. The predicted octanol–water partition coefficient (Wildman–Crippen LogP) is 3.99. The topological polar surface area (TPSA) is 71.3 Å². The molecular formula is C18H12F2N2O3S. The summed E-state index contributed by atoms with van der Waals surface area (Å²) >= 11 is 1.43. The molecule has 3 aromatic rings. The molecule has 0 aliphatic carbocycles. The Labute approximate surface area is 150 Å². The first kappa shape index (κ1) is 16.5. The number of benzene rings is 1. The van der Waals surface area contributed by atoms with Crippen LogP contribution in [-0.4, -0.2) is 21.6 Å². The van der Waals surface area contributed by atoms with Crippen LogP contribution in [-0.2, 0) is 4.79 Å². The summed E-state index contributed by atoms with van der Waals surface area (Å²) < 4.78 is 28.9. The number of thiophene rings is 1. The number of rotatable bonds is 3. The maximum absolute atomic E-state index is 13.7. The van der Waals surface area contributed by atoms with Gasteiger partial charge in [0.25, 0.3) is 0 Å². The van der Waals surface area contributed by atoms with Gasteiger partial charge in [0.05, 0.1) is 17.1 Å². The van der Waals surface area contributed by atoms with Crippen LogP contribution in [0.15, 0.2) is 41.9 Å². The number of carbonyl (C=O) groups is 2. The Morgan fingerprint density at radius 3 is 2.62 bits per heavy atom. The zero-order valence-corrected chi connectivity index (χ0v) is 14.0. The second-order valence-electron chi connectivity index (χ2n) is 5.93. The first-order valence-electron chi connectivity index (χ1n) is 7.72. The van der Waals surface area contributed by atoms with E-state index in [0.29, 0.717) is 5.69 Å². The van der Waals surface area contributed by atoms with Crippen molar-refractivity contribution < 1.29 is 23.5 Å². The Bertz CT molecular complexity index is 1010. The van der Waals surface area contributed by atoms with Gasteiger partial charge < -0.3 is 15.0 Å². The number of fused-ring (bicyclic) bond motifs is 1. The highest BCUT2D eigenvalue weighted by Gasteiger charge is 2.35. The van der Waals surface area contributed by atoms with Crippen LogP contribution in [0.1, 0.15) is 33.3 Å². The van der Waals surface area contributed by atoms with E-state index in [2.05, 4.69) is 5.32 Å². The van der Waals surface area contributed by atoms with E-state index >= 15 is 0 Å². The average molecular weight is 374 g/mol. The number of nitrogens with zero attached hydrogens (tertiary/aromatic N) is 1. The molecule has 0 spiro atoms. The predicted molar refractivity (Wildman–Crippen MR) is 92.1 cm³/mol. The van der Waals surface area contributed by atoms with Crippen molar-refractivity contribution in [1.29, 1.82) is 0 Å². The number of hydrogen-bond acceptors (Lipinski definition) is 3. The molecule has 0 saturated carbocycles. The SMILES string of the molecule is O=C1CC(c2cccs2)c2c(c(C(=O)O)cn2-c2cc(F)cc(F)c2)N1. The van der Waals surface area contributed by atoms with Crippen molar-refractivity contribution in [2.45, 2.75) is 12.3 Å². The van der Waals surface area contributed by atoms with Crippen LogP contribution in [0.3, 0.4) is 0 Å². The van der Waals surface area contributed by atoms with E-state index in [1.54, 1.807) is 0 Å². The number of halogens is 2. The smallest absolute Gasteiger partial charge is 0.339 e. The fourth-order valence-corrected chi connectivity index (χ4v) is 4.08. The number of nitrogens with one attached hydrogen (secondary N) is 1. The molecule has 3 heterocycles. The summed E-state index contributed by atoms with van der Waals surface area (Å²) in [6.07, 6.45) is 1.40. The zero-order valence-electron chi connectivity index (χ0n) is 13.2. The van der Waals surface area contributed by atoms with E-state index in [-0.39, 0.29) is 29.3 Å². The summed E-state index contributed by atoms with van der Waals surface area (Å²) in [7, 11) is 0. The van der Waals surface area contributed by atoms with E-state index in [1.807, 2.05) is 17.5 Å². The van der Waals surface area contributed by atoms with E-state index in [0.717, 1.165) is 23.1 Å². The van der Waals surface area contributed by atoms with Crippen molar-refractivity contribution in [2.24, 2.45) is 0 Å². The molecule has 0 bridgehead atoms. The van der Waals surface area contributed by atoms with Crippen molar-refractivity contribution in [3.63, 3.8) is 0 Å². The summed E-state index contributed by atoms with van der Waals surface area (Å²) in [6.45, 7) is 0. The number of anilines is 1. The number of amides is 1. The largest absolute Gasteiger partial charge is 0.478 e. The molecule has 1 aliphatic heterocycles. The van der Waals surface area contributed by atoms with Crippen LogP contribution in [0.5, 0.6) is 0 Å². The van der Waals surface area contributed by atoms with Crippen LogP contribution in [0.2, 0.25) is 0 Å². The minimum Gasteiger partial charge on any atom is -0.478 e. The molecule has 1 atom stereocenters. The highest BCUT2D eigenvalue weighted by molar-refractivity contribution is 7.10. The summed E-state index contributed by atoms with van der Waals surface area (Å²) in [6, 6.07) is 6.67. The van der Waals surface area contributed by atoms with E-state index in [4.69, 9.17) is 0 Å². The van der Waals surface area contributed by atoms with E-state index in [1.165, 1.54) is 22.1 Å². The van der Waals surface area contributed by atoms with Crippen LogP contribution >= 0.6 is 11.3 Å². The van der Waals surface area contributed by atoms with Crippen LogP contribution in [0.25, 0.3) is 5.69 Å². The van der Waals surface area contributed by atoms with Gasteiger partial charge >= 0.3 is 5.97 Å². The molecule has 26 heavy (non-hydrogen) atoms. The Balaban J connectivity index is 2.00. The Kier molecular flexibility index (Phi) is 3.84. The Morgan fingerprint density at radius 2 is 2.00 bits per heavy atom. The molecule has 0 radical (unpaired) electrons. The molecule has 4 rings (SSSR count). The monoisotopic (exact) mass is 374 g/mol. The molecule has 2 N–H and O–H groups in total. The van der Waals surface area contributed by atoms with E-state index < -0.39 is 23.5 Å². The lowest BCUT2D eigenvalue weighted by molar-refractivity contribution is -0.116. The standard InChI is InChI=1S/C18H12F2N2O3S/c19-9-4-10(20)6-11(5-9)22-8-13(18(24)25)16-17(22)12(7-15(23)21-16)14-2-1-3-26-14/h1-6,8,12H,7H2,(H,21,23)(H,24,25). The fourth-order valence-electron chi connectivity index (χ4n) is 3.25. The number of aromatic nitrogens is 1. The highest BCUT2D eigenvalue weighted by atomic mass is 32.1. The third-order valence-corrected chi connectivity index (χ3v) is 5.26. The lowest BCUT2D eigenvalue weighted by Crippen LogP contribution is -2.25. The molecule has 1 amide bonds.